The van der Waals surface area contributed by atoms with Crippen LogP contribution in [-0.2, 0) is 5.60 Å². The van der Waals surface area contributed by atoms with Crippen molar-refractivity contribution in [3.05, 3.63) is 58.3 Å². The molecule has 2 aromatic rings. The van der Waals surface area contributed by atoms with E-state index in [1.54, 1.807) is 12.4 Å². The van der Waals surface area contributed by atoms with E-state index < -0.39 is 5.60 Å². The Balaban J connectivity index is 2.40. The number of aliphatic hydroxyl groups is 1. The molecule has 2 rings (SSSR count). The third-order valence-corrected chi connectivity index (χ3v) is 3.97. The van der Waals surface area contributed by atoms with Crippen LogP contribution in [0.2, 0.25) is 0 Å². The minimum Gasteiger partial charge on any atom is -0.492 e. The third-order valence-electron chi connectivity index (χ3n) is 3.48. The Labute approximate surface area is 134 Å². The second kappa shape index (κ2) is 7.05. The average Bonchev–Trinajstić information content (AvgIpc) is 2.52. The van der Waals surface area contributed by atoms with E-state index in [9.17, 15) is 5.11 Å². The molecule has 1 heterocycles. The molecule has 1 aromatic heterocycles. The largest absolute Gasteiger partial charge is 0.492 e. The van der Waals surface area contributed by atoms with Crippen molar-refractivity contribution in [1.82, 2.24) is 4.98 Å². The van der Waals surface area contributed by atoms with Gasteiger partial charge in [-0.1, -0.05) is 41.9 Å². The maximum atomic E-state index is 11.1. The Kier molecular flexibility index (Phi) is 5.37. The Morgan fingerprint density at radius 3 is 2.67 bits per heavy atom. The van der Waals surface area contributed by atoms with Gasteiger partial charge in [-0.05, 0) is 36.6 Å². The number of nitrogens with zero attached hydrogens (tertiary/aromatic N) is 1. The Bertz CT molecular complexity index is 603. The number of halogens is 1. The van der Waals surface area contributed by atoms with E-state index in [0.29, 0.717) is 18.8 Å². The molecule has 1 atom stereocenters. The van der Waals surface area contributed by atoms with E-state index >= 15 is 0 Å². The molecule has 1 aromatic carbocycles. The van der Waals surface area contributed by atoms with Crippen LogP contribution in [0.3, 0.4) is 0 Å². The summed E-state index contributed by atoms with van der Waals surface area (Å²) in [5.41, 5.74) is 0.521. The molecular formula is C17H20BrNO2. The summed E-state index contributed by atoms with van der Waals surface area (Å²) in [5.74, 6) is 0.691. The first-order chi connectivity index (χ1) is 10.1. The van der Waals surface area contributed by atoms with Gasteiger partial charge in [-0.15, -0.1) is 0 Å². The van der Waals surface area contributed by atoms with Crippen molar-refractivity contribution in [3.8, 4) is 5.75 Å². The molecule has 0 saturated heterocycles. The van der Waals surface area contributed by atoms with Crippen molar-refractivity contribution in [3.63, 3.8) is 0 Å². The molecule has 0 spiro atoms. The van der Waals surface area contributed by atoms with Crippen LogP contribution < -0.4 is 4.74 Å². The van der Waals surface area contributed by atoms with Crippen LogP contribution >= 0.6 is 15.9 Å². The monoisotopic (exact) mass is 349 g/mol. The molecule has 112 valence electrons. The normalized spacial score (nSPS) is 13.7. The lowest BCUT2D eigenvalue weighted by atomic mass is 9.85. The standard InChI is InChI=1S/C17H20BrNO2/c1-3-8-21-16-10-14(11-19-12-16)17(20,4-2)13-6-5-7-15(18)9-13/h5-7,9-12,20H,3-4,8H2,1-2H3. The highest BCUT2D eigenvalue weighted by Crippen LogP contribution is 2.35. The van der Waals surface area contributed by atoms with Gasteiger partial charge >= 0.3 is 0 Å². The summed E-state index contributed by atoms with van der Waals surface area (Å²) in [7, 11) is 0. The van der Waals surface area contributed by atoms with E-state index in [2.05, 4.69) is 27.8 Å². The molecule has 0 bridgehead atoms. The lowest BCUT2D eigenvalue weighted by Gasteiger charge is -2.28. The van der Waals surface area contributed by atoms with Crippen molar-refractivity contribution >= 4 is 15.9 Å². The van der Waals surface area contributed by atoms with Gasteiger partial charge in [0.2, 0.25) is 0 Å². The van der Waals surface area contributed by atoms with Gasteiger partial charge in [0.15, 0.2) is 0 Å². The van der Waals surface area contributed by atoms with E-state index in [0.717, 1.165) is 22.0 Å². The summed E-state index contributed by atoms with van der Waals surface area (Å²) in [6.07, 6.45) is 4.87. The lowest BCUT2D eigenvalue weighted by Crippen LogP contribution is -2.26. The molecule has 21 heavy (non-hydrogen) atoms. The number of hydrogen-bond acceptors (Lipinski definition) is 3. The van der Waals surface area contributed by atoms with Gasteiger partial charge in [0.25, 0.3) is 0 Å². The van der Waals surface area contributed by atoms with E-state index in [4.69, 9.17) is 4.74 Å². The molecule has 0 aliphatic carbocycles. The zero-order valence-corrected chi connectivity index (χ0v) is 13.9. The van der Waals surface area contributed by atoms with Crippen LogP contribution in [0.1, 0.15) is 37.8 Å². The molecular weight excluding hydrogens is 330 g/mol. The first kappa shape index (κ1) is 16.0. The number of pyridine rings is 1. The Hall–Kier alpha value is -1.39. The van der Waals surface area contributed by atoms with Crippen molar-refractivity contribution in [2.24, 2.45) is 0 Å². The maximum Gasteiger partial charge on any atom is 0.137 e. The second-order valence-electron chi connectivity index (χ2n) is 4.98. The Morgan fingerprint density at radius 2 is 2.00 bits per heavy atom. The first-order valence-corrected chi connectivity index (χ1v) is 7.96. The van der Waals surface area contributed by atoms with Crippen molar-refractivity contribution in [2.75, 3.05) is 6.61 Å². The summed E-state index contributed by atoms with van der Waals surface area (Å²) < 4.78 is 6.56. The number of rotatable bonds is 6. The molecule has 1 N–H and O–H groups in total. The number of aromatic nitrogens is 1. The lowest BCUT2D eigenvalue weighted by molar-refractivity contribution is 0.0757. The van der Waals surface area contributed by atoms with Crippen molar-refractivity contribution in [1.29, 1.82) is 0 Å². The van der Waals surface area contributed by atoms with Crippen LogP contribution in [0, 0.1) is 0 Å². The SMILES string of the molecule is CCCOc1cncc(C(O)(CC)c2cccc(Br)c2)c1. The predicted octanol–water partition coefficient (Wildman–Crippen LogP) is 4.28. The second-order valence-corrected chi connectivity index (χ2v) is 5.90. The highest BCUT2D eigenvalue weighted by atomic mass is 79.9. The summed E-state index contributed by atoms with van der Waals surface area (Å²) in [6, 6.07) is 9.59. The smallest absolute Gasteiger partial charge is 0.137 e. The van der Waals surface area contributed by atoms with Crippen LogP contribution in [0.15, 0.2) is 47.2 Å². The highest BCUT2D eigenvalue weighted by Gasteiger charge is 2.30. The number of hydrogen-bond donors (Lipinski definition) is 1. The molecule has 0 saturated carbocycles. The van der Waals surface area contributed by atoms with Gasteiger partial charge < -0.3 is 9.84 Å². The van der Waals surface area contributed by atoms with Gasteiger partial charge in [0.1, 0.15) is 11.4 Å². The van der Waals surface area contributed by atoms with Crippen molar-refractivity contribution < 1.29 is 9.84 Å². The molecule has 0 aliphatic heterocycles. The topological polar surface area (TPSA) is 42.4 Å². The van der Waals surface area contributed by atoms with Crippen LogP contribution in [-0.4, -0.2) is 16.7 Å². The average molecular weight is 350 g/mol. The minimum absolute atomic E-state index is 0.558. The first-order valence-electron chi connectivity index (χ1n) is 7.17. The van der Waals surface area contributed by atoms with Gasteiger partial charge in [-0.2, -0.15) is 0 Å². The van der Waals surface area contributed by atoms with Crippen LogP contribution in [0.25, 0.3) is 0 Å². The van der Waals surface area contributed by atoms with E-state index in [1.165, 1.54) is 0 Å². The van der Waals surface area contributed by atoms with Gasteiger partial charge in [-0.3, -0.25) is 4.98 Å². The molecule has 1 unspecified atom stereocenters. The number of benzene rings is 1. The molecule has 0 fully saturated rings. The summed E-state index contributed by atoms with van der Waals surface area (Å²) in [4.78, 5) is 4.20. The third kappa shape index (κ3) is 3.63. The van der Waals surface area contributed by atoms with Crippen LogP contribution in [0.5, 0.6) is 5.75 Å². The Morgan fingerprint density at radius 1 is 1.19 bits per heavy atom. The molecule has 3 nitrogen and oxygen atoms in total. The zero-order valence-electron chi connectivity index (χ0n) is 12.3. The van der Waals surface area contributed by atoms with Gasteiger partial charge in [0.05, 0.1) is 12.8 Å². The summed E-state index contributed by atoms with van der Waals surface area (Å²) in [5, 5.41) is 11.1. The predicted molar refractivity (Wildman–Crippen MR) is 87.5 cm³/mol. The van der Waals surface area contributed by atoms with Gasteiger partial charge in [0, 0.05) is 16.2 Å². The van der Waals surface area contributed by atoms with E-state index in [-0.39, 0.29) is 0 Å². The molecule has 0 aliphatic rings. The molecule has 0 radical (unpaired) electrons. The quantitative estimate of drug-likeness (QED) is 0.846. The van der Waals surface area contributed by atoms with E-state index in [1.807, 2.05) is 37.3 Å². The maximum absolute atomic E-state index is 11.1. The fourth-order valence-corrected chi connectivity index (χ4v) is 2.66. The summed E-state index contributed by atoms with van der Waals surface area (Å²) >= 11 is 3.45. The molecule has 4 heteroatoms. The molecule has 0 amide bonds. The fraction of sp³-hybridized carbons (Fsp3) is 0.353. The van der Waals surface area contributed by atoms with Gasteiger partial charge in [-0.25, -0.2) is 0 Å². The highest BCUT2D eigenvalue weighted by molar-refractivity contribution is 9.10. The zero-order chi connectivity index (χ0) is 15.3. The van der Waals surface area contributed by atoms with Crippen molar-refractivity contribution in [2.45, 2.75) is 32.3 Å². The van der Waals surface area contributed by atoms with Crippen LogP contribution in [0.4, 0.5) is 0 Å². The minimum atomic E-state index is -1.07. The number of ether oxygens (including phenoxy) is 1. The fourth-order valence-electron chi connectivity index (χ4n) is 2.26. The summed E-state index contributed by atoms with van der Waals surface area (Å²) in [6.45, 7) is 4.66.